The topological polar surface area (TPSA) is 58.0 Å². The van der Waals surface area contributed by atoms with Crippen molar-refractivity contribution in [3.05, 3.63) is 34.9 Å². The minimum atomic E-state index is 0.231. The number of aromatic hydroxyl groups is 1. The van der Waals surface area contributed by atoms with Crippen LogP contribution in [0.4, 0.5) is 5.82 Å². The van der Waals surface area contributed by atoms with Crippen LogP contribution in [0.5, 0.6) is 5.75 Å². The maximum atomic E-state index is 9.19. The predicted octanol–water partition coefficient (Wildman–Crippen LogP) is 2.65. The van der Waals surface area contributed by atoms with Crippen molar-refractivity contribution in [2.24, 2.45) is 0 Å². The predicted molar refractivity (Wildman–Crippen MR) is 66.4 cm³/mol. The highest BCUT2D eigenvalue weighted by atomic mass is 79.9. The lowest BCUT2D eigenvalue weighted by Crippen LogP contribution is -1.97. The number of halogens is 1. The molecule has 1 aromatic heterocycles. The molecule has 1 heterocycles. The molecule has 0 saturated heterocycles. The van der Waals surface area contributed by atoms with Crippen LogP contribution >= 0.6 is 15.9 Å². The fourth-order valence-electron chi connectivity index (χ4n) is 1.29. The number of hydrogen-bond acceptors (Lipinski definition) is 4. The zero-order valence-corrected chi connectivity index (χ0v) is 10.2. The number of anilines is 1. The monoisotopic (exact) mass is 279 g/mol. The van der Waals surface area contributed by atoms with Gasteiger partial charge < -0.3 is 10.4 Å². The van der Waals surface area contributed by atoms with Gasteiger partial charge in [0.05, 0.1) is 4.47 Å². The Labute approximate surface area is 102 Å². The van der Waals surface area contributed by atoms with E-state index in [4.69, 9.17) is 0 Å². The highest BCUT2D eigenvalue weighted by molar-refractivity contribution is 9.10. The molecular weight excluding hydrogens is 270 g/mol. The quantitative estimate of drug-likeness (QED) is 0.888. The lowest BCUT2D eigenvalue weighted by Gasteiger charge is -2.05. The smallest absolute Gasteiger partial charge is 0.161 e. The lowest BCUT2D eigenvalue weighted by molar-refractivity contribution is 0.475. The van der Waals surface area contributed by atoms with Gasteiger partial charge in [-0.25, -0.2) is 9.97 Å². The molecule has 82 valence electrons. The second-order valence-electron chi connectivity index (χ2n) is 3.19. The van der Waals surface area contributed by atoms with Crippen LogP contribution in [-0.4, -0.2) is 22.1 Å². The Balaban J connectivity index is 2.44. The summed E-state index contributed by atoms with van der Waals surface area (Å²) >= 11 is 3.35. The molecule has 0 amide bonds. The lowest BCUT2D eigenvalue weighted by atomic mass is 10.2. The van der Waals surface area contributed by atoms with Gasteiger partial charge in [-0.15, -0.1) is 0 Å². The number of phenolic OH excluding ortho intramolecular Hbond substituents is 1. The summed E-state index contributed by atoms with van der Waals surface area (Å²) in [4.78, 5) is 8.55. The molecule has 0 bridgehead atoms. The molecule has 5 heteroatoms. The zero-order chi connectivity index (χ0) is 11.5. The van der Waals surface area contributed by atoms with Crippen LogP contribution in [0, 0.1) is 0 Å². The van der Waals surface area contributed by atoms with Crippen molar-refractivity contribution in [2.45, 2.75) is 0 Å². The number of nitrogens with one attached hydrogen (secondary N) is 1. The van der Waals surface area contributed by atoms with E-state index >= 15 is 0 Å². The van der Waals surface area contributed by atoms with Gasteiger partial charge in [-0.3, -0.25) is 0 Å². The van der Waals surface area contributed by atoms with E-state index < -0.39 is 0 Å². The van der Waals surface area contributed by atoms with Crippen LogP contribution in [-0.2, 0) is 0 Å². The number of benzene rings is 1. The number of rotatable bonds is 2. The molecule has 4 nitrogen and oxygen atoms in total. The molecule has 16 heavy (non-hydrogen) atoms. The van der Waals surface area contributed by atoms with Crippen molar-refractivity contribution in [2.75, 3.05) is 12.4 Å². The summed E-state index contributed by atoms with van der Waals surface area (Å²) in [5.41, 5.74) is 0.863. The second kappa shape index (κ2) is 4.49. The fourth-order valence-corrected chi connectivity index (χ4v) is 1.68. The summed E-state index contributed by atoms with van der Waals surface area (Å²) in [6, 6.07) is 6.77. The third-order valence-corrected chi connectivity index (χ3v) is 2.69. The number of phenols is 1. The second-order valence-corrected chi connectivity index (χ2v) is 4.04. The SMILES string of the molecule is CNc1nc(-c2ccc(O)cc2)ncc1Br. The molecule has 0 radical (unpaired) electrons. The first kappa shape index (κ1) is 10.9. The Bertz CT molecular complexity index is 499. The number of nitrogens with zero attached hydrogens (tertiary/aromatic N) is 2. The Morgan fingerprint density at radius 3 is 2.56 bits per heavy atom. The standard InChI is InChI=1S/C11H10BrN3O/c1-13-11-9(12)6-14-10(15-11)7-2-4-8(16)5-3-7/h2-6,16H,1H3,(H,13,14,15). The molecule has 2 rings (SSSR count). The summed E-state index contributed by atoms with van der Waals surface area (Å²) in [7, 11) is 1.80. The van der Waals surface area contributed by atoms with Crippen LogP contribution in [0.3, 0.4) is 0 Å². The first-order valence-corrected chi connectivity index (χ1v) is 5.49. The van der Waals surface area contributed by atoms with Gasteiger partial charge in [0.1, 0.15) is 11.6 Å². The van der Waals surface area contributed by atoms with E-state index in [2.05, 4.69) is 31.2 Å². The molecule has 0 unspecified atom stereocenters. The largest absolute Gasteiger partial charge is 0.508 e. The van der Waals surface area contributed by atoms with Crippen molar-refractivity contribution in [1.82, 2.24) is 9.97 Å². The average Bonchev–Trinajstić information content (AvgIpc) is 2.31. The zero-order valence-electron chi connectivity index (χ0n) is 8.61. The molecule has 0 atom stereocenters. The molecule has 2 aromatic rings. The van der Waals surface area contributed by atoms with Gasteiger partial charge in [0, 0.05) is 18.8 Å². The van der Waals surface area contributed by atoms with E-state index in [0.29, 0.717) is 5.82 Å². The van der Waals surface area contributed by atoms with Crippen molar-refractivity contribution in [3.63, 3.8) is 0 Å². The molecule has 2 N–H and O–H groups in total. The van der Waals surface area contributed by atoms with Crippen molar-refractivity contribution >= 4 is 21.7 Å². The Morgan fingerprint density at radius 1 is 1.25 bits per heavy atom. The van der Waals surface area contributed by atoms with Crippen molar-refractivity contribution in [1.29, 1.82) is 0 Å². The van der Waals surface area contributed by atoms with Gasteiger partial charge in [0.25, 0.3) is 0 Å². The minimum absolute atomic E-state index is 0.231. The summed E-state index contributed by atoms with van der Waals surface area (Å²) < 4.78 is 0.817. The number of hydrogen-bond donors (Lipinski definition) is 2. The van der Waals surface area contributed by atoms with Gasteiger partial charge in [0.15, 0.2) is 5.82 Å². The minimum Gasteiger partial charge on any atom is -0.508 e. The highest BCUT2D eigenvalue weighted by Crippen LogP contribution is 2.23. The summed E-state index contributed by atoms with van der Waals surface area (Å²) in [6.45, 7) is 0. The fraction of sp³-hybridized carbons (Fsp3) is 0.0909. The third kappa shape index (κ3) is 2.14. The molecule has 1 aromatic carbocycles. The van der Waals surface area contributed by atoms with Crippen LogP contribution in [0.2, 0.25) is 0 Å². The maximum absolute atomic E-state index is 9.19. The van der Waals surface area contributed by atoms with E-state index in [0.717, 1.165) is 15.9 Å². The summed E-state index contributed by atoms with van der Waals surface area (Å²) in [5, 5.41) is 12.2. The molecular formula is C11H10BrN3O. The maximum Gasteiger partial charge on any atom is 0.161 e. The van der Waals surface area contributed by atoms with E-state index in [9.17, 15) is 5.11 Å². The van der Waals surface area contributed by atoms with E-state index in [1.807, 2.05) is 0 Å². The molecule has 0 aliphatic heterocycles. The normalized spacial score (nSPS) is 10.1. The van der Waals surface area contributed by atoms with Gasteiger partial charge >= 0.3 is 0 Å². The van der Waals surface area contributed by atoms with E-state index in [-0.39, 0.29) is 5.75 Å². The molecule has 0 spiro atoms. The highest BCUT2D eigenvalue weighted by Gasteiger charge is 2.05. The van der Waals surface area contributed by atoms with Gasteiger partial charge in [-0.2, -0.15) is 0 Å². The molecule has 0 aliphatic carbocycles. The molecule has 0 saturated carbocycles. The molecule has 0 aliphatic rings. The van der Waals surface area contributed by atoms with Crippen LogP contribution < -0.4 is 5.32 Å². The van der Waals surface area contributed by atoms with Crippen molar-refractivity contribution < 1.29 is 5.11 Å². The summed E-state index contributed by atoms with van der Waals surface area (Å²) in [6.07, 6.45) is 1.70. The van der Waals surface area contributed by atoms with Crippen LogP contribution in [0.25, 0.3) is 11.4 Å². The van der Waals surface area contributed by atoms with Gasteiger partial charge in [-0.05, 0) is 40.2 Å². The number of aromatic nitrogens is 2. The summed E-state index contributed by atoms with van der Waals surface area (Å²) in [5.74, 6) is 1.58. The third-order valence-electron chi connectivity index (χ3n) is 2.11. The first-order valence-electron chi connectivity index (χ1n) is 4.70. The Kier molecular flexibility index (Phi) is 3.05. The van der Waals surface area contributed by atoms with Crippen LogP contribution in [0.15, 0.2) is 34.9 Å². The Hall–Kier alpha value is -1.62. The van der Waals surface area contributed by atoms with E-state index in [1.165, 1.54) is 0 Å². The average molecular weight is 280 g/mol. The van der Waals surface area contributed by atoms with E-state index in [1.54, 1.807) is 37.5 Å². The van der Waals surface area contributed by atoms with Crippen LogP contribution in [0.1, 0.15) is 0 Å². The first-order chi connectivity index (χ1) is 7.70. The van der Waals surface area contributed by atoms with Crippen molar-refractivity contribution in [3.8, 4) is 17.1 Å². The van der Waals surface area contributed by atoms with Gasteiger partial charge in [0.2, 0.25) is 0 Å². The molecule has 0 fully saturated rings. The Morgan fingerprint density at radius 2 is 1.94 bits per heavy atom. The van der Waals surface area contributed by atoms with Gasteiger partial charge in [-0.1, -0.05) is 0 Å².